The quantitative estimate of drug-likeness (QED) is 0.131. The number of nitrogens with zero attached hydrogens (tertiary/aromatic N) is 1. The van der Waals surface area contributed by atoms with E-state index in [0.717, 1.165) is 5.56 Å². The minimum Gasteiger partial charge on any atom is -0.508 e. The van der Waals surface area contributed by atoms with Gasteiger partial charge in [0.05, 0.1) is 5.57 Å². The Balaban J connectivity index is 1.91. The topological polar surface area (TPSA) is 179 Å². The van der Waals surface area contributed by atoms with Crippen molar-refractivity contribution in [1.29, 1.82) is 5.26 Å². The Labute approximate surface area is 207 Å². The zero-order valence-corrected chi connectivity index (χ0v) is 20.8. The van der Waals surface area contributed by atoms with E-state index in [4.69, 9.17) is 0 Å². The number of rotatable bonds is 9. The minimum absolute atomic E-state index is 0.0754. The summed E-state index contributed by atoms with van der Waals surface area (Å²) in [5.41, 5.74) is 3.67. The van der Waals surface area contributed by atoms with Gasteiger partial charge in [-0.15, -0.1) is 0 Å². The van der Waals surface area contributed by atoms with Crippen LogP contribution in [0.3, 0.4) is 0 Å². The number of benzene rings is 3. The molecule has 0 heterocycles. The van der Waals surface area contributed by atoms with Gasteiger partial charge in [0.1, 0.15) is 17.6 Å². The summed E-state index contributed by atoms with van der Waals surface area (Å²) in [6, 6.07) is 21.9. The molecule has 0 saturated carbocycles. The van der Waals surface area contributed by atoms with Crippen LogP contribution in [0.25, 0.3) is 11.1 Å². The highest BCUT2D eigenvalue weighted by atomic mass is 31.2. The maximum Gasteiger partial charge on any atom is 0.340 e. The molecule has 3 aromatic carbocycles. The first kappa shape index (κ1) is 27.4. The summed E-state index contributed by atoms with van der Waals surface area (Å²) in [5, 5.41) is 27.4. The average molecular weight is 529 g/mol. The Bertz CT molecular complexity index is 1300. The summed E-state index contributed by atoms with van der Waals surface area (Å²) in [4.78, 5) is 37.0. The van der Waals surface area contributed by atoms with Gasteiger partial charge in [-0.3, -0.25) is 9.13 Å². The molecule has 3 rings (SSSR count). The smallest absolute Gasteiger partial charge is 0.340 e. The zero-order valence-electron chi connectivity index (χ0n) is 19.0. The van der Waals surface area contributed by atoms with Crippen LogP contribution in [0.2, 0.25) is 0 Å². The molecule has 0 unspecified atom stereocenters. The van der Waals surface area contributed by atoms with Crippen LogP contribution in [0.5, 0.6) is 11.5 Å². The lowest BCUT2D eigenvalue weighted by Gasteiger charge is -2.19. The van der Waals surface area contributed by atoms with E-state index >= 15 is 0 Å². The number of aromatic hydroxyl groups is 2. The molecule has 36 heavy (non-hydrogen) atoms. The van der Waals surface area contributed by atoms with Crippen molar-refractivity contribution in [1.82, 2.24) is 0 Å². The summed E-state index contributed by atoms with van der Waals surface area (Å²) in [7, 11) is -9.91. The number of phenols is 2. The van der Waals surface area contributed by atoms with Crippen LogP contribution >= 0.6 is 15.2 Å². The largest absolute Gasteiger partial charge is 0.508 e. The molecule has 0 spiro atoms. The molecule has 6 N–H and O–H groups in total. The number of hydrogen-bond donors (Lipinski definition) is 6. The van der Waals surface area contributed by atoms with E-state index in [1.54, 1.807) is 48.5 Å². The molecule has 0 aliphatic heterocycles. The molecule has 11 heteroatoms. The molecule has 0 fully saturated rings. The molecule has 0 amide bonds. The van der Waals surface area contributed by atoms with Gasteiger partial charge in [0.15, 0.2) is 5.40 Å². The molecule has 0 saturated heterocycles. The summed E-state index contributed by atoms with van der Waals surface area (Å²) in [5.74, 6) is 0.151. The predicted octanol–water partition coefficient (Wildman–Crippen LogP) is 4.58. The standard InChI is InChI=1S/C25H25NO8P2/c26-16-23(25(19-8-12-21(27)13-9-19)20-10-14-22(28)15-11-20)18-6-4-17(5-7-18)2-1-3-24(35(29,30)31)36(32,33)34/h4-15,24,27-28H,1-3H2,(H2,29,30,31)(H2,32,33,34). The van der Waals surface area contributed by atoms with Gasteiger partial charge in [0, 0.05) is 5.57 Å². The third-order valence-electron chi connectivity index (χ3n) is 5.62. The molecule has 3 aromatic rings. The highest BCUT2D eigenvalue weighted by Gasteiger charge is 2.42. The highest BCUT2D eigenvalue weighted by molar-refractivity contribution is 7.70. The SMILES string of the molecule is N#CC(=C(c1ccc(O)cc1)c1ccc(O)cc1)c1ccc(CCCC(P(=O)(O)O)P(=O)(O)O)cc1. The fraction of sp³-hybridized carbons (Fsp3) is 0.160. The van der Waals surface area contributed by atoms with Crippen molar-refractivity contribution < 1.29 is 38.9 Å². The van der Waals surface area contributed by atoms with Gasteiger partial charge in [0.25, 0.3) is 0 Å². The molecule has 0 atom stereocenters. The van der Waals surface area contributed by atoms with E-state index in [0.29, 0.717) is 34.3 Å². The molecule has 0 aromatic heterocycles. The lowest BCUT2D eigenvalue weighted by Crippen LogP contribution is -2.09. The second kappa shape index (κ2) is 11.2. The monoisotopic (exact) mass is 529 g/mol. The normalized spacial score (nSPS) is 11.8. The molecule has 0 aliphatic rings. The van der Waals surface area contributed by atoms with Crippen molar-refractivity contribution in [3.05, 3.63) is 95.1 Å². The van der Waals surface area contributed by atoms with Crippen LogP contribution in [-0.2, 0) is 15.6 Å². The van der Waals surface area contributed by atoms with Crippen molar-refractivity contribution in [2.75, 3.05) is 0 Å². The molecule has 0 aliphatic carbocycles. The molecular formula is C25H25NO8P2. The zero-order chi connectivity index (χ0) is 26.5. The Kier molecular flexibility index (Phi) is 8.55. The number of phenolic OH excluding ortho intramolecular Hbond substituents is 2. The highest BCUT2D eigenvalue weighted by Crippen LogP contribution is 2.61. The molecular weight excluding hydrogens is 504 g/mol. The van der Waals surface area contributed by atoms with Crippen molar-refractivity contribution in [2.24, 2.45) is 0 Å². The summed E-state index contributed by atoms with van der Waals surface area (Å²) >= 11 is 0. The Morgan fingerprint density at radius 3 is 1.53 bits per heavy atom. The minimum atomic E-state index is -4.96. The molecule has 9 nitrogen and oxygen atoms in total. The molecule has 0 radical (unpaired) electrons. The second-order valence-corrected chi connectivity index (χ2v) is 12.2. The van der Waals surface area contributed by atoms with Gasteiger partial charge in [-0.25, -0.2) is 0 Å². The van der Waals surface area contributed by atoms with Gasteiger partial charge in [-0.05, 0) is 65.8 Å². The van der Waals surface area contributed by atoms with Gasteiger partial charge >= 0.3 is 15.2 Å². The van der Waals surface area contributed by atoms with Crippen molar-refractivity contribution >= 4 is 26.3 Å². The first-order chi connectivity index (χ1) is 16.9. The lowest BCUT2D eigenvalue weighted by molar-refractivity contribution is 0.334. The van der Waals surface area contributed by atoms with Crippen LogP contribution in [0, 0.1) is 11.3 Å². The molecule has 188 valence electrons. The third-order valence-corrected chi connectivity index (χ3v) is 9.50. The first-order valence-corrected chi connectivity index (χ1v) is 14.2. The molecule has 0 bridgehead atoms. The van der Waals surface area contributed by atoms with Crippen LogP contribution < -0.4 is 0 Å². The second-order valence-electron chi connectivity index (χ2n) is 8.20. The van der Waals surface area contributed by atoms with Crippen LogP contribution in [0.1, 0.15) is 35.1 Å². The predicted molar refractivity (Wildman–Crippen MR) is 135 cm³/mol. The van der Waals surface area contributed by atoms with Crippen LogP contribution in [0.4, 0.5) is 0 Å². The van der Waals surface area contributed by atoms with E-state index in [1.807, 2.05) is 0 Å². The third kappa shape index (κ3) is 6.93. The van der Waals surface area contributed by atoms with Crippen LogP contribution in [-0.4, -0.2) is 35.2 Å². The van der Waals surface area contributed by atoms with Crippen molar-refractivity contribution in [2.45, 2.75) is 24.7 Å². The number of nitriles is 1. The number of hydrogen-bond acceptors (Lipinski definition) is 5. The lowest BCUT2D eigenvalue weighted by atomic mass is 9.89. The summed E-state index contributed by atoms with van der Waals surface area (Å²) in [6.07, 6.45) is 0.129. The van der Waals surface area contributed by atoms with Crippen molar-refractivity contribution in [3.8, 4) is 17.6 Å². The first-order valence-electron chi connectivity index (χ1n) is 10.8. The fourth-order valence-corrected chi connectivity index (χ4v) is 6.44. The van der Waals surface area contributed by atoms with Gasteiger partial charge in [-0.2, -0.15) is 5.26 Å². The Hall–Kier alpha value is -3.21. The van der Waals surface area contributed by atoms with E-state index < -0.39 is 20.6 Å². The maximum absolute atomic E-state index is 11.4. The summed E-state index contributed by atoms with van der Waals surface area (Å²) in [6.45, 7) is 0. The fourth-order valence-electron chi connectivity index (χ4n) is 3.84. The Morgan fingerprint density at radius 1 is 0.722 bits per heavy atom. The van der Waals surface area contributed by atoms with E-state index in [2.05, 4.69) is 6.07 Å². The Morgan fingerprint density at radius 2 is 1.14 bits per heavy atom. The summed E-state index contributed by atoms with van der Waals surface area (Å²) < 4.78 is 22.9. The van der Waals surface area contributed by atoms with E-state index in [1.165, 1.54) is 24.3 Å². The number of allylic oxidation sites excluding steroid dienone is 1. The van der Waals surface area contributed by atoms with Gasteiger partial charge in [0.2, 0.25) is 0 Å². The van der Waals surface area contributed by atoms with E-state index in [-0.39, 0.29) is 24.3 Å². The van der Waals surface area contributed by atoms with Gasteiger partial charge < -0.3 is 29.8 Å². The van der Waals surface area contributed by atoms with Crippen molar-refractivity contribution in [3.63, 3.8) is 0 Å². The number of aryl methyl sites for hydroxylation is 1. The van der Waals surface area contributed by atoms with Gasteiger partial charge in [-0.1, -0.05) is 48.5 Å². The maximum atomic E-state index is 11.4. The van der Waals surface area contributed by atoms with Crippen LogP contribution in [0.15, 0.2) is 72.8 Å². The van der Waals surface area contributed by atoms with E-state index in [9.17, 15) is 44.2 Å². The average Bonchev–Trinajstić information content (AvgIpc) is 2.81.